The average molecular weight is 241 g/mol. The van der Waals surface area contributed by atoms with Crippen LogP contribution in [0.5, 0.6) is 0 Å². The first-order chi connectivity index (χ1) is 8.13. The summed E-state index contributed by atoms with van der Waals surface area (Å²) >= 11 is 0. The van der Waals surface area contributed by atoms with Gasteiger partial charge < -0.3 is 10.5 Å². The molecule has 0 unspecified atom stereocenters. The lowest BCUT2D eigenvalue weighted by Crippen LogP contribution is -2.37. The van der Waals surface area contributed by atoms with Crippen LogP contribution in [-0.2, 0) is 11.3 Å². The molecular formula is C13H17F2NO. The molecule has 2 rings (SSSR count). The number of halogens is 2. The number of nitrogens with two attached hydrogens (primary N) is 1. The number of benzene rings is 1. The van der Waals surface area contributed by atoms with Crippen molar-refractivity contribution in [2.45, 2.75) is 37.9 Å². The van der Waals surface area contributed by atoms with E-state index < -0.39 is 11.6 Å². The number of rotatable bonds is 4. The van der Waals surface area contributed by atoms with Gasteiger partial charge in [-0.2, -0.15) is 0 Å². The molecule has 0 spiro atoms. The van der Waals surface area contributed by atoms with E-state index in [9.17, 15) is 8.78 Å². The van der Waals surface area contributed by atoms with Crippen LogP contribution in [0.3, 0.4) is 0 Å². The van der Waals surface area contributed by atoms with E-state index >= 15 is 0 Å². The highest BCUT2D eigenvalue weighted by molar-refractivity contribution is 5.17. The van der Waals surface area contributed by atoms with Gasteiger partial charge in [0, 0.05) is 12.6 Å². The van der Waals surface area contributed by atoms with Crippen LogP contribution in [0, 0.1) is 11.6 Å². The highest BCUT2D eigenvalue weighted by Crippen LogP contribution is 2.33. The second-order valence-corrected chi connectivity index (χ2v) is 4.66. The van der Waals surface area contributed by atoms with E-state index in [1.807, 2.05) is 0 Å². The van der Waals surface area contributed by atoms with Gasteiger partial charge in [0.05, 0.1) is 12.2 Å². The summed E-state index contributed by atoms with van der Waals surface area (Å²) < 4.78 is 31.7. The van der Waals surface area contributed by atoms with Crippen molar-refractivity contribution in [1.29, 1.82) is 0 Å². The molecule has 0 aromatic heterocycles. The number of ether oxygens (including phenoxy) is 1. The van der Waals surface area contributed by atoms with E-state index in [0.717, 1.165) is 31.7 Å². The molecule has 0 saturated heterocycles. The lowest BCUT2D eigenvalue weighted by molar-refractivity contribution is -0.0450. The van der Waals surface area contributed by atoms with Gasteiger partial charge in [-0.05, 0) is 30.5 Å². The van der Waals surface area contributed by atoms with Crippen molar-refractivity contribution < 1.29 is 13.5 Å². The number of hydrogen-bond acceptors (Lipinski definition) is 2. The summed E-state index contributed by atoms with van der Waals surface area (Å²) in [6.45, 7) is 0.677. The molecule has 1 aliphatic carbocycles. The molecule has 1 aliphatic rings. The Kier molecular flexibility index (Phi) is 3.74. The van der Waals surface area contributed by atoms with Gasteiger partial charge in [-0.25, -0.2) is 8.78 Å². The summed E-state index contributed by atoms with van der Waals surface area (Å²) in [7, 11) is 0. The Labute approximate surface area is 99.8 Å². The molecule has 1 saturated carbocycles. The molecule has 4 heteroatoms. The molecule has 17 heavy (non-hydrogen) atoms. The van der Waals surface area contributed by atoms with Crippen LogP contribution in [0.1, 0.15) is 31.2 Å². The Morgan fingerprint density at radius 3 is 2.24 bits per heavy atom. The van der Waals surface area contributed by atoms with Crippen LogP contribution in [0.15, 0.2) is 18.2 Å². The fourth-order valence-corrected chi connectivity index (χ4v) is 2.36. The summed E-state index contributed by atoms with van der Waals surface area (Å²) in [6, 6.07) is 3.45. The summed E-state index contributed by atoms with van der Waals surface area (Å²) in [4.78, 5) is 0. The topological polar surface area (TPSA) is 35.2 Å². The Bertz CT molecular complexity index is 369. The molecule has 0 aliphatic heterocycles. The van der Waals surface area contributed by atoms with Crippen molar-refractivity contribution >= 4 is 0 Å². The minimum Gasteiger partial charge on any atom is -0.369 e. The van der Waals surface area contributed by atoms with Crippen LogP contribution in [0.2, 0.25) is 0 Å². The van der Waals surface area contributed by atoms with Crippen LogP contribution in [0.4, 0.5) is 8.78 Å². The number of hydrogen-bond donors (Lipinski definition) is 1. The highest BCUT2D eigenvalue weighted by atomic mass is 19.1. The van der Waals surface area contributed by atoms with Crippen molar-refractivity contribution in [3.63, 3.8) is 0 Å². The molecule has 0 bridgehead atoms. The van der Waals surface area contributed by atoms with E-state index in [2.05, 4.69) is 0 Å². The van der Waals surface area contributed by atoms with Crippen molar-refractivity contribution in [3.05, 3.63) is 35.4 Å². The zero-order valence-corrected chi connectivity index (χ0v) is 9.72. The normalized spacial score (nSPS) is 18.5. The summed E-state index contributed by atoms with van der Waals surface area (Å²) in [5, 5.41) is 0. The van der Waals surface area contributed by atoms with Gasteiger partial charge in [0.15, 0.2) is 0 Å². The maximum atomic E-state index is 13.0. The first-order valence-electron chi connectivity index (χ1n) is 5.93. The molecule has 2 N–H and O–H groups in total. The van der Waals surface area contributed by atoms with Gasteiger partial charge in [-0.3, -0.25) is 0 Å². The van der Waals surface area contributed by atoms with Crippen LogP contribution in [-0.4, -0.2) is 12.1 Å². The minimum absolute atomic E-state index is 0.214. The third kappa shape index (κ3) is 3.01. The molecular weight excluding hydrogens is 224 g/mol. The smallest absolute Gasteiger partial charge is 0.126 e. The Morgan fingerprint density at radius 2 is 1.71 bits per heavy atom. The van der Waals surface area contributed by atoms with Crippen LogP contribution in [0.25, 0.3) is 0 Å². The zero-order chi connectivity index (χ0) is 12.3. The van der Waals surface area contributed by atoms with E-state index in [-0.39, 0.29) is 12.2 Å². The van der Waals surface area contributed by atoms with Crippen LogP contribution >= 0.6 is 0 Å². The highest BCUT2D eigenvalue weighted by Gasteiger charge is 2.33. The van der Waals surface area contributed by atoms with Gasteiger partial charge in [0.25, 0.3) is 0 Å². The maximum absolute atomic E-state index is 13.0. The lowest BCUT2D eigenvalue weighted by Gasteiger charge is -2.27. The Balaban J connectivity index is 2.01. The standard InChI is InChI=1S/C13H17F2NO/c14-11-5-10(6-12(15)7-11)8-17-13(9-16)3-1-2-4-13/h5-7H,1-4,8-9,16H2. The second-order valence-electron chi connectivity index (χ2n) is 4.66. The molecule has 0 atom stereocenters. The van der Waals surface area contributed by atoms with Crippen molar-refractivity contribution in [2.75, 3.05) is 6.54 Å². The minimum atomic E-state index is -0.572. The summed E-state index contributed by atoms with van der Waals surface area (Å²) in [5.41, 5.74) is 5.95. The molecule has 2 nitrogen and oxygen atoms in total. The first kappa shape index (κ1) is 12.5. The Morgan fingerprint density at radius 1 is 1.12 bits per heavy atom. The quantitative estimate of drug-likeness (QED) is 0.879. The van der Waals surface area contributed by atoms with Crippen molar-refractivity contribution in [2.24, 2.45) is 5.73 Å². The molecule has 1 fully saturated rings. The van der Waals surface area contributed by atoms with Gasteiger partial charge in [-0.1, -0.05) is 12.8 Å². The molecule has 0 amide bonds. The SMILES string of the molecule is NCC1(OCc2cc(F)cc(F)c2)CCCC1. The molecule has 1 aromatic carbocycles. The Hall–Kier alpha value is -1.00. The fraction of sp³-hybridized carbons (Fsp3) is 0.538. The average Bonchev–Trinajstić information content (AvgIpc) is 2.74. The fourth-order valence-electron chi connectivity index (χ4n) is 2.36. The van der Waals surface area contributed by atoms with Gasteiger partial charge in [0.2, 0.25) is 0 Å². The third-order valence-electron chi connectivity index (χ3n) is 3.35. The molecule has 0 radical (unpaired) electrons. The van der Waals surface area contributed by atoms with Gasteiger partial charge in [-0.15, -0.1) is 0 Å². The van der Waals surface area contributed by atoms with Gasteiger partial charge in [0.1, 0.15) is 11.6 Å². The zero-order valence-electron chi connectivity index (χ0n) is 9.72. The summed E-state index contributed by atoms with van der Waals surface area (Å²) in [6.07, 6.45) is 4.08. The summed E-state index contributed by atoms with van der Waals surface area (Å²) in [5.74, 6) is -1.14. The van der Waals surface area contributed by atoms with Gasteiger partial charge >= 0.3 is 0 Å². The van der Waals surface area contributed by atoms with E-state index in [1.165, 1.54) is 12.1 Å². The van der Waals surface area contributed by atoms with Crippen LogP contribution < -0.4 is 5.73 Å². The lowest BCUT2D eigenvalue weighted by atomic mass is 10.0. The molecule has 94 valence electrons. The second kappa shape index (κ2) is 5.10. The maximum Gasteiger partial charge on any atom is 0.126 e. The molecule has 0 heterocycles. The monoisotopic (exact) mass is 241 g/mol. The van der Waals surface area contributed by atoms with E-state index in [4.69, 9.17) is 10.5 Å². The van der Waals surface area contributed by atoms with Crippen molar-refractivity contribution in [1.82, 2.24) is 0 Å². The molecule has 1 aromatic rings. The van der Waals surface area contributed by atoms with Crippen molar-refractivity contribution in [3.8, 4) is 0 Å². The van der Waals surface area contributed by atoms with E-state index in [0.29, 0.717) is 12.1 Å². The predicted octanol–water partition coefficient (Wildman–Crippen LogP) is 2.75. The first-order valence-corrected chi connectivity index (χ1v) is 5.93. The van der Waals surface area contributed by atoms with E-state index in [1.54, 1.807) is 0 Å². The predicted molar refractivity (Wildman–Crippen MR) is 61.4 cm³/mol. The third-order valence-corrected chi connectivity index (χ3v) is 3.35. The largest absolute Gasteiger partial charge is 0.369 e.